The van der Waals surface area contributed by atoms with E-state index in [1.165, 1.54) is 19.3 Å². The van der Waals surface area contributed by atoms with Crippen LogP contribution in [0.25, 0.3) is 5.65 Å². The molecule has 3 heterocycles. The quantitative estimate of drug-likeness (QED) is 0.599. The summed E-state index contributed by atoms with van der Waals surface area (Å²) in [5, 5.41) is 8.10. The van der Waals surface area contributed by atoms with Crippen LogP contribution >= 0.6 is 15.9 Å². The first-order valence-electron chi connectivity index (χ1n) is 9.71. The molecule has 0 amide bonds. The summed E-state index contributed by atoms with van der Waals surface area (Å²) in [4.78, 5) is 7.98. The topological polar surface area (TPSA) is 65.8 Å². The number of rotatable bonds is 5. The van der Waals surface area contributed by atoms with Crippen molar-refractivity contribution in [1.29, 1.82) is 0 Å². The third-order valence-corrected chi connectivity index (χ3v) is 7.29. The van der Waals surface area contributed by atoms with E-state index in [1.54, 1.807) is 18.4 Å². The molecule has 29 heavy (non-hydrogen) atoms. The molecule has 0 aliphatic carbocycles. The van der Waals surface area contributed by atoms with E-state index in [-0.39, 0.29) is 0 Å². The molecule has 3 aromatic rings. The molecule has 1 aromatic carbocycles. The number of aryl methyl sites for hydroxylation is 1. The first kappa shape index (κ1) is 20.3. The second-order valence-electron chi connectivity index (χ2n) is 7.39. The zero-order valence-electron chi connectivity index (χ0n) is 16.9. The number of piperidine rings is 1. The van der Waals surface area contributed by atoms with Crippen molar-refractivity contribution in [3.63, 3.8) is 0 Å². The summed E-state index contributed by atoms with van der Waals surface area (Å²) in [5.41, 5.74) is 2.61. The molecule has 1 N–H and O–H groups in total. The van der Waals surface area contributed by atoms with Crippen molar-refractivity contribution in [2.75, 3.05) is 37.4 Å². The summed E-state index contributed by atoms with van der Waals surface area (Å²) in [6.45, 7) is 4.02. The van der Waals surface area contributed by atoms with Crippen molar-refractivity contribution in [1.82, 2.24) is 18.9 Å². The standard InChI is InChI=1S/C20H25BrN6OS/c1-14-19(21)20-23-17(26-11-5-4-6-12-26)13-18(27(20)24-14)22-15-7-9-16(10-8-15)29(28)25(2)3/h7-10,13,22H,4-6,11-12H2,1-3H3. The van der Waals surface area contributed by atoms with Gasteiger partial charge in [0.2, 0.25) is 0 Å². The Morgan fingerprint density at radius 2 is 1.83 bits per heavy atom. The molecular formula is C20H25BrN6OS. The van der Waals surface area contributed by atoms with Crippen molar-refractivity contribution in [3.8, 4) is 0 Å². The van der Waals surface area contributed by atoms with Crippen molar-refractivity contribution in [2.45, 2.75) is 31.1 Å². The van der Waals surface area contributed by atoms with Gasteiger partial charge in [0.15, 0.2) is 5.65 Å². The van der Waals surface area contributed by atoms with Crippen LogP contribution in [-0.2, 0) is 11.0 Å². The lowest BCUT2D eigenvalue weighted by Crippen LogP contribution is -2.30. The van der Waals surface area contributed by atoms with Crippen LogP contribution in [0.5, 0.6) is 0 Å². The number of aromatic nitrogens is 3. The van der Waals surface area contributed by atoms with Gasteiger partial charge in [0, 0.05) is 24.8 Å². The number of anilines is 3. The second kappa shape index (κ2) is 8.41. The highest BCUT2D eigenvalue weighted by molar-refractivity contribution is 9.10. The Kier molecular flexibility index (Phi) is 5.89. The van der Waals surface area contributed by atoms with Gasteiger partial charge in [-0.15, -0.1) is 0 Å². The molecule has 0 spiro atoms. The van der Waals surface area contributed by atoms with Gasteiger partial charge in [-0.1, -0.05) is 0 Å². The third-order valence-electron chi connectivity index (χ3n) is 5.02. The Morgan fingerprint density at radius 1 is 1.14 bits per heavy atom. The molecule has 1 unspecified atom stereocenters. The van der Waals surface area contributed by atoms with Gasteiger partial charge in [0.1, 0.15) is 22.6 Å². The summed E-state index contributed by atoms with van der Waals surface area (Å²) < 4.78 is 16.7. The summed E-state index contributed by atoms with van der Waals surface area (Å²) >= 11 is 3.64. The lowest BCUT2D eigenvalue weighted by molar-refractivity contribution is 0.573. The van der Waals surface area contributed by atoms with Crippen LogP contribution in [-0.4, -0.2) is 50.3 Å². The smallest absolute Gasteiger partial charge is 0.174 e. The van der Waals surface area contributed by atoms with Gasteiger partial charge < -0.3 is 10.2 Å². The average Bonchev–Trinajstić information content (AvgIpc) is 3.03. The summed E-state index contributed by atoms with van der Waals surface area (Å²) in [7, 11) is 2.45. The minimum Gasteiger partial charge on any atom is -0.356 e. The predicted octanol–water partition coefficient (Wildman–Crippen LogP) is 4.12. The molecule has 1 aliphatic rings. The maximum absolute atomic E-state index is 12.2. The summed E-state index contributed by atoms with van der Waals surface area (Å²) in [6, 6.07) is 9.70. The van der Waals surface area contributed by atoms with E-state index in [4.69, 9.17) is 4.98 Å². The van der Waals surface area contributed by atoms with Crippen molar-refractivity contribution in [2.24, 2.45) is 0 Å². The molecule has 9 heteroatoms. The minimum absolute atomic E-state index is 0.770. The third kappa shape index (κ3) is 4.17. The minimum atomic E-state index is -1.15. The van der Waals surface area contributed by atoms with Gasteiger partial charge in [-0.2, -0.15) is 9.61 Å². The van der Waals surface area contributed by atoms with Crippen LogP contribution in [0.1, 0.15) is 25.0 Å². The predicted molar refractivity (Wildman–Crippen MR) is 121 cm³/mol. The fourth-order valence-electron chi connectivity index (χ4n) is 3.47. The molecule has 154 valence electrons. The number of benzene rings is 1. The molecule has 0 radical (unpaired) electrons. The van der Waals surface area contributed by atoms with Gasteiger partial charge >= 0.3 is 0 Å². The molecule has 4 rings (SSSR count). The van der Waals surface area contributed by atoms with Crippen LogP contribution in [0.15, 0.2) is 39.7 Å². The first-order valence-corrected chi connectivity index (χ1v) is 11.6. The number of hydrogen-bond acceptors (Lipinski definition) is 5. The highest BCUT2D eigenvalue weighted by Crippen LogP contribution is 2.30. The van der Waals surface area contributed by atoms with Gasteiger partial charge in [0.25, 0.3) is 0 Å². The average molecular weight is 477 g/mol. The Morgan fingerprint density at radius 3 is 2.48 bits per heavy atom. The van der Waals surface area contributed by atoms with E-state index < -0.39 is 11.0 Å². The van der Waals surface area contributed by atoms with Crippen LogP contribution in [0.4, 0.5) is 17.3 Å². The number of nitrogens with zero attached hydrogens (tertiary/aromatic N) is 5. The van der Waals surface area contributed by atoms with E-state index in [9.17, 15) is 4.21 Å². The van der Waals surface area contributed by atoms with Crippen LogP contribution in [0, 0.1) is 6.92 Å². The molecule has 7 nitrogen and oxygen atoms in total. The maximum Gasteiger partial charge on any atom is 0.174 e. The van der Waals surface area contributed by atoms with E-state index >= 15 is 0 Å². The summed E-state index contributed by atoms with van der Waals surface area (Å²) in [6.07, 6.45) is 3.67. The molecular weight excluding hydrogens is 452 g/mol. The SMILES string of the molecule is Cc1nn2c(Nc3ccc(S(=O)N(C)C)cc3)cc(N3CCCCC3)nc2c1Br. The Labute approximate surface area is 181 Å². The maximum atomic E-state index is 12.2. The molecule has 0 bridgehead atoms. The fraction of sp³-hybridized carbons (Fsp3) is 0.400. The van der Waals surface area contributed by atoms with Gasteiger partial charge in [0.05, 0.1) is 15.1 Å². The number of fused-ring (bicyclic) bond motifs is 1. The number of hydrogen-bond donors (Lipinski definition) is 1. The highest BCUT2D eigenvalue weighted by Gasteiger charge is 2.18. The molecule has 0 saturated carbocycles. The molecule has 1 saturated heterocycles. The Balaban J connectivity index is 1.70. The zero-order chi connectivity index (χ0) is 20.5. The molecule has 2 aromatic heterocycles. The lowest BCUT2D eigenvalue weighted by atomic mass is 10.1. The molecule has 1 atom stereocenters. The van der Waals surface area contributed by atoms with Gasteiger partial charge in [-0.3, -0.25) is 0 Å². The van der Waals surface area contributed by atoms with Gasteiger partial charge in [-0.25, -0.2) is 13.5 Å². The van der Waals surface area contributed by atoms with Crippen molar-refractivity contribution in [3.05, 3.63) is 40.5 Å². The monoisotopic (exact) mass is 476 g/mol. The lowest BCUT2D eigenvalue weighted by Gasteiger charge is -2.28. The first-order chi connectivity index (χ1) is 13.9. The van der Waals surface area contributed by atoms with E-state index in [2.05, 4.69) is 37.3 Å². The zero-order valence-corrected chi connectivity index (χ0v) is 19.3. The Bertz CT molecular complexity index is 1040. The van der Waals surface area contributed by atoms with E-state index in [1.807, 2.05) is 35.7 Å². The molecule has 1 fully saturated rings. The normalized spacial score (nSPS) is 15.8. The second-order valence-corrected chi connectivity index (χ2v) is 9.89. The van der Waals surface area contributed by atoms with E-state index in [0.717, 1.165) is 51.1 Å². The molecule has 1 aliphatic heterocycles. The van der Waals surface area contributed by atoms with Crippen LogP contribution < -0.4 is 10.2 Å². The van der Waals surface area contributed by atoms with Crippen molar-refractivity contribution >= 4 is 49.9 Å². The highest BCUT2D eigenvalue weighted by atomic mass is 79.9. The van der Waals surface area contributed by atoms with Crippen molar-refractivity contribution < 1.29 is 4.21 Å². The number of halogens is 1. The van der Waals surface area contributed by atoms with E-state index in [0.29, 0.717) is 0 Å². The number of nitrogens with one attached hydrogen (secondary N) is 1. The summed E-state index contributed by atoms with van der Waals surface area (Å²) in [5.74, 6) is 1.82. The largest absolute Gasteiger partial charge is 0.356 e. The Hall–Kier alpha value is -1.97. The van der Waals surface area contributed by atoms with Crippen LogP contribution in [0.2, 0.25) is 0 Å². The van der Waals surface area contributed by atoms with Crippen LogP contribution in [0.3, 0.4) is 0 Å². The fourth-order valence-corrected chi connectivity index (χ4v) is 4.60. The van der Waals surface area contributed by atoms with Gasteiger partial charge in [-0.05, 0) is 80.5 Å².